The number of guanidine groups is 1. The minimum atomic E-state index is 0. The summed E-state index contributed by atoms with van der Waals surface area (Å²) in [6.45, 7) is 10.9. The molecule has 26 heavy (non-hydrogen) atoms. The van der Waals surface area contributed by atoms with Gasteiger partial charge in [0.1, 0.15) is 0 Å². The number of aliphatic imine (C=N–C) groups is 1. The lowest BCUT2D eigenvalue weighted by Gasteiger charge is -2.34. The zero-order chi connectivity index (χ0) is 17.7. The molecule has 1 aromatic rings. The quantitative estimate of drug-likeness (QED) is 0.238. The van der Waals surface area contributed by atoms with Crippen molar-refractivity contribution in [3.8, 4) is 0 Å². The maximum absolute atomic E-state index is 5.84. The van der Waals surface area contributed by atoms with E-state index in [2.05, 4.69) is 57.4 Å². The number of nitrogens with two attached hydrogens (primary N) is 1. The third-order valence-corrected chi connectivity index (χ3v) is 4.71. The Bertz CT molecular complexity index is 486. The SMILES string of the molecule is CCCCNC(N)=NCCCCN1CCN(Cc2ccccc2)CC1.I. The summed E-state index contributed by atoms with van der Waals surface area (Å²) in [5.41, 5.74) is 7.26. The van der Waals surface area contributed by atoms with Crippen LogP contribution in [-0.4, -0.2) is 61.6 Å². The average molecular weight is 473 g/mol. The Hall–Kier alpha value is -0.860. The fourth-order valence-corrected chi connectivity index (χ4v) is 3.11. The van der Waals surface area contributed by atoms with Gasteiger partial charge in [0.2, 0.25) is 0 Å². The van der Waals surface area contributed by atoms with Crippen LogP contribution in [0, 0.1) is 0 Å². The molecular formula is C20H36IN5. The minimum Gasteiger partial charge on any atom is -0.370 e. The van der Waals surface area contributed by atoms with Crippen molar-refractivity contribution in [1.29, 1.82) is 0 Å². The second-order valence-electron chi connectivity index (χ2n) is 6.86. The van der Waals surface area contributed by atoms with E-state index < -0.39 is 0 Å². The van der Waals surface area contributed by atoms with E-state index in [1.165, 1.54) is 51.1 Å². The van der Waals surface area contributed by atoms with Crippen LogP contribution in [0.25, 0.3) is 0 Å². The lowest BCUT2D eigenvalue weighted by molar-refractivity contribution is 0.126. The first-order valence-electron chi connectivity index (χ1n) is 9.80. The fraction of sp³-hybridized carbons (Fsp3) is 0.650. The zero-order valence-corrected chi connectivity index (χ0v) is 18.5. The van der Waals surface area contributed by atoms with Crippen LogP contribution in [0.1, 0.15) is 38.2 Å². The summed E-state index contributed by atoms with van der Waals surface area (Å²) >= 11 is 0. The van der Waals surface area contributed by atoms with Crippen molar-refractivity contribution in [2.45, 2.75) is 39.2 Å². The van der Waals surface area contributed by atoms with E-state index in [0.29, 0.717) is 5.96 Å². The predicted molar refractivity (Wildman–Crippen MR) is 122 cm³/mol. The molecule has 2 rings (SSSR count). The third-order valence-electron chi connectivity index (χ3n) is 4.71. The lowest BCUT2D eigenvalue weighted by atomic mass is 10.2. The molecule has 1 aromatic carbocycles. The Morgan fingerprint density at radius 3 is 2.42 bits per heavy atom. The molecule has 5 nitrogen and oxygen atoms in total. The first-order valence-corrected chi connectivity index (χ1v) is 9.80. The van der Waals surface area contributed by atoms with Gasteiger partial charge in [-0.1, -0.05) is 43.7 Å². The number of halogens is 1. The van der Waals surface area contributed by atoms with Gasteiger partial charge >= 0.3 is 0 Å². The summed E-state index contributed by atoms with van der Waals surface area (Å²) in [6, 6.07) is 10.8. The second-order valence-corrected chi connectivity index (χ2v) is 6.86. The maximum Gasteiger partial charge on any atom is 0.188 e. The summed E-state index contributed by atoms with van der Waals surface area (Å²) in [4.78, 5) is 9.53. The van der Waals surface area contributed by atoms with E-state index in [0.717, 1.165) is 32.5 Å². The standard InChI is InChI=1S/C20H35N5.HI/c1-2-3-11-22-20(21)23-12-7-8-13-24-14-16-25(17-15-24)18-19-9-5-4-6-10-19;/h4-6,9-10H,2-3,7-8,11-18H2,1H3,(H3,21,22,23);1H. The van der Waals surface area contributed by atoms with Crippen molar-refractivity contribution in [1.82, 2.24) is 15.1 Å². The first-order chi connectivity index (χ1) is 12.3. The molecule has 1 aliphatic heterocycles. The molecule has 0 aliphatic carbocycles. The highest BCUT2D eigenvalue weighted by molar-refractivity contribution is 14.0. The van der Waals surface area contributed by atoms with E-state index >= 15 is 0 Å². The number of unbranched alkanes of at least 4 members (excludes halogenated alkanes) is 2. The topological polar surface area (TPSA) is 56.9 Å². The van der Waals surface area contributed by atoms with Crippen LogP contribution in [0.15, 0.2) is 35.3 Å². The lowest BCUT2D eigenvalue weighted by Crippen LogP contribution is -2.46. The van der Waals surface area contributed by atoms with Crippen molar-refractivity contribution >= 4 is 29.9 Å². The predicted octanol–water partition coefficient (Wildman–Crippen LogP) is 2.91. The highest BCUT2D eigenvalue weighted by Crippen LogP contribution is 2.09. The largest absolute Gasteiger partial charge is 0.370 e. The van der Waals surface area contributed by atoms with Crippen LogP contribution in [0.3, 0.4) is 0 Å². The molecule has 1 saturated heterocycles. The number of nitrogens with one attached hydrogen (secondary N) is 1. The molecule has 0 unspecified atom stereocenters. The molecule has 0 bridgehead atoms. The van der Waals surface area contributed by atoms with Gasteiger partial charge in [0.15, 0.2) is 5.96 Å². The van der Waals surface area contributed by atoms with Crippen LogP contribution < -0.4 is 11.1 Å². The normalized spacial score (nSPS) is 16.3. The van der Waals surface area contributed by atoms with Crippen LogP contribution in [0.4, 0.5) is 0 Å². The monoisotopic (exact) mass is 473 g/mol. The summed E-state index contributed by atoms with van der Waals surface area (Å²) in [5.74, 6) is 0.600. The van der Waals surface area contributed by atoms with E-state index in [1.54, 1.807) is 0 Å². The summed E-state index contributed by atoms with van der Waals surface area (Å²) in [6.07, 6.45) is 4.64. The average Bonchev–Trinajstić information content (AvgIpc) is 2.64. The Labute approximate surface area is 176 Å². The fourth-order valence-electron chi connectivity index (χ4n) is 3.11. The molecule has 6 heteroatoms. The van der Waals surface area contributed by atoms with Crippen LogP contribution in [0.2, 0.25) is 0 Å². The molecule has 3 N–H and O–H groups in total. The first kappa shape index (κ1) is 23.2. The highest BCUT2D eigenvalue weighted by Gasteiger charge is 2.16. The van der Waals surface area contributed by atoms with Gasteiger partial charge in [-0.2, -0.15) is 0 Å². The van der Waals surface area contributed by atoms with Gasteiger partial charge in [0, 0.05) is 45.8 Å². The highest BCUT2D eigenvalue weighted by atomic mass is 127. The number of hydrogen-bond donors (Lipinski definition) is 2. The molecule has 0 spiro atoms. The number of benzene rings is 1. The van der Waals surface area contributed by atoms with Gasteiger partial charge in [0.25, 0.3) is 0 Å². The number of rotatable bonds is 10. The van der Waals surface area contributed by atoms with E-state index in [-0.39, 0.29) is 24.0 Å². The zero-order valence-electron chi connectivity index (χ0n) is 16.2. The summed E-state index contributed by atoms with van der Waals surface area (Å²) in [5, 5.41) is 3.16. The number of piperazine rings is 1. The summed E-state index contributed by atoms with van der Waals surface area (Å²) < 4.78 is 0. The van der Waals surface area contributed by atoms with Crippen LogP contribution in [0.5, 0.6) is 0 Å². The molecular weight excluding hydrogens is 437 g/mol. The van der Waals surface area contributed by atoms with Gasteiger partial charge in [-0.05, 0) is 31.4 Å². The van der Waals surface area contributed by atoms with Gasteiger partial charge < -0.3 is 16.0 Å². The number of hydrogen-bond acceptors (Lipinski definition) is 3. The van der Waals surface area contributed by atoms with Crippen molar-refractivity contribution < 1.29 is 0 Å². The Morgan fingerprint density at radius 2 is 1.73 bits per heavy atom. The molecule has 1 aliphatic rings. The molecule has 0 radical (unpaired) electrons. The van der Waals surface area contributed by atoms with E-state index in [9.17, 15) is 0 Å². The third kappa shape index (κ3) is 9.73. The molecule has 148 valence electrons. The van der Waals surface area contributed by atoms with E-state index in [1.807, 2.05) is 0 Å². The van der Waals surface area contributed by atoms with Crippen LogP contribution in [-0.2, 0) is 6.54 Å². The van der Waals surface area contributed by atoms with Gasteiger partial charge in [-0.3, -0.25) is 9.89 Å². The van der Waals surface area contributed by atoms with Crippen molar-refractivity contribution in [3.05, 3.63) is 35.9 Å². The molecule has 1 fully saturated rings. The van der Waals surface area contributed by atoms with Crippen LogP contribution >= 0.6 is 24.0 Å². The molecule has 0 amide bonds. The Morgan fingerprint density at radius 1 is 1.04 bits per heavy atom. The molecule has 0 saturated carbocycles. The van der Waals surface area contributed by atoms with Gasteiger partial charge in [-0.25, -0.2) is 0 Å². The Kier molecular flexibility index (Phi) is 12.7. The summed E-state index contributed by atoms with van der Waals surface area (Å²) in [7, 11) is 0. The Balaban J connectivity index is 0.00000338. The van der Waals surface area contributed by atoms with Crippen molar-refractivity contribution in [3.63, 3.8) is 0 Å². The maximum atomic E-state index is 5.84. The number of nitrogens with zero attached hydrogens (tertiary/aromatic N) is 3. The van der Waals surface area contributed by atoms with Gasteiger partial charge in [0.05, 0.1) is 0 Å². The van der Waals surface area contributed by atoms with Crippen molar-refractivity contribution in [2.75, 3.05) is 45.8 Å². The second kappa shape index (κ2) is 14.2. The van der Waals surface area contributed by atoms with Crippen molar-refractivity contribution in [2.24, 2.45) is 10.7 Å². The van der Waals surface area contributed by atoms with E-state index in [4.69, 9.17) is 5.73 Å². The minimum absolute atomic E-state index is 0. The molecule has 0 atom stereocenters. The molecule has 0 aromatic heterocycles. The molecule has 1 heterocycles. The smallest absolute Gasteiger partial charge is 0.188 e. The van der Waals surface area contributed by atoms with Gasteiger partial charge in [-0.15, -0.1) is 24.0 Å².